The number of hydrogen-bond acceptors (Lipinski definition) is 8. The maximum Gasteiger partial charge on any atom is 0.205 e. The first-order chi connectivity index (χ1) is 12.6. The number of ether oxygens (including phenoxy) is 2. The molecule has 0 aromatic carbocycles. The van der Waals surface area contributed by atoms with Crippen LogP contribution in [0.15, 0.2) is 0 Å². The van der Waals surface area contributed by atoms with Crippen molar-refractivity contribution in [3.05, 3.63) is 0 Å². The zero-order valence-corrected chi connectivity index (χ0v) is 16.9. The molecule has 5 bridgehead atoms. The fraction of sp³-hybridized carbons (Fsp3) is 0.950. The average Bonchev–Trinajstić information content (AvgIpc) is 2.91. The topological polar surface area (TPSA) is 137 Å². The van der Waals surface area contributed by atoms with Crippen LogP contribution >= 0.6 is 0 Å². The molecule has 0 unspecified atom stereocenters. The summed E-state index contributed by atoms with van der Waals surface area (Å²) in [5.74, 6) is -5.60. The number of carbonyl (C=O) groups excluding carboxylic acids is 1. The third-order valence-corrected chi connectivity index (χ3v) is 9.51. The Bertz CT molecular complexity index is 816. The van der Waals surface area contributed by atoms with Gasteiger partial charge in [-0.2, -0.15) is 0 Å². The number of carbonyl (C=O) groups is 1. The molecule has 5 aliphatic rings. The van der Waals surface area contributed by atoms with Gasteiger partial charge in [0, 0.05) is 24.2 Å². The molecule has 3 aliphatic carbocycles. The van der Waals surface area contributed by atoms with Gasteiger partial charge in [-0.15, -0.1) is 0 Å². The summed E-state index contributed by atoms with van der Waals surface area (Å²) in [6.45, 7) is 8.13. The molecule has 28 heavy (non-hydrogen) atoms. The normalized spacial score (nSPS) is 67.2. The van der Waals surface area contributed by atoms with E-state index in [2.05, 4.69) is 0 Å². The van der Waals surface area contributed by atoms with Gasteiger partial charge in [-0.1, -0.05) is 27.7 Å². The van der Waals surface area contributed by atoms with E-state index in [1.165, 1.54) is 13.8 Å². The van der Waals surface area contributed by atoms with Crippen LogP contribution in [0.5, 0.6) is 0 Å². The zero-order valence-electron chi connectivity index (χ0n) is 16.9. The van der Waals surface area contributed by atoms with E-state index in [9.17, 15) is 30.3 Å². The molecule has 8 nitrogen and oxygen atoms in total. The Kier molecular flexibility index (Phi) is 3.02. The molecule has 5 rings (SSSR count). The SMILES string of the molecule is CC(C)[C@@]12C[C@@]3(O)[C@@]4(C)C[C@@](O)(O1)[C@@](C)(O2)[C@]3(O)C(=O)[C@]1(O)[C@H](C)CC[C@]41O. The lowest BCUT2D eigenvalue weighted by Crippen LogP contribution is -2.96. The molecule has 5 N–H and O–H groups in total. The quantitative estimate of drug-likeness (QED) is 0.402. The third kappa shape index (κ3) is 1.31. The van der Waals surface area contributed by atoms with Gasteiger partial charge in [0.2, 0.25) is 11.6 Å². The zero-order chi connectivity index (χ0) is 21.0. The molecule has 2 aliphatic heterocycles. The minimum Gasteiger partial charge on any atom is -0.386 e. The first kappa shape index (κ1) is 19.4. The summed E-state index contributed by atoms with van der Waals surface area (Å²) in [5.41, 5.74) is -12.7. The predicted octanol–water partition coefficient (Wildman–Crippen LogP) is -0.417. The Morgan fingerprint density at radius 3 is 2.18 bits per heavy atom. The summed E-state index contributed by atoms with van der Waals surface area (Å²) >= 11 is 0. The van der Waals surface area contributed by atoms with Crippen LogP contribution in [0.1, 0.15) is 60.3 Å². The van der Waals surface area contributed by atoms with Gasteiger partial charge < -0.3 is 35.0 Å². The highest BCUT2D eigenvalue weighted by molar-refractivity contribution is 6.01. The number of aliphatic hydroxyl groups is 5. The van der Waals surface area contributed by atoms with Crippen molar-refractivity contribution >= 4 is 5.78 Å². The molecule has 0 amide bonds. The van der Waals surface area contributed by atoms with Gasteiger partial charge in [-0.05, 0) is 25.7 Å². The maximum atomic E-state index is 13.8. The van der Waals surface area contributed by atoms with Crippen molar-refractivity contribution in [2.75, 3.05) is 0 Å². The number of rotatable bonds is 1. The second-order valence-electron chi connectivity index (χ2n) is 10.6. The van der Waals surface area contributed by atoms with E-state index in [1.807, 2.05) is 0 Å². The summed E-state index contributed by atoms with van der Waals surface area (Å²) < 4.78 is 12.1. The predicted molar refractivity (Wildman–Crippen MR) is 93.6 cm³/mol. The first-order valence-electron chi connectivity index (χ1n) is 10.1. The van der Waals surface area contributed by atoms with Crippen LogP contribution in [-0.4, -0.2) is 70.9 Å². The molecule has 8 heteroatoms. The Hall–Kier alpha value is -0.610. The van der Waals surface area contributed by atoms with Crippen molar-refractivity contribution in [1.29, 1.82) is 0 Å². The van der Waals surface area contributed by atoms with Gasteiger partial charge in [-0.25, -0.2) is 0 Å². The summed E-state index contributed by atoms with van der Waals surface area (Å²) in [7, 11) is 0. The molecule has 2 heterocycles. The fourth-order valence-electron chi connectivity index (χ4n) is 7.51. The van der Waals surface area contributed by atoms with Crippen LogP contribution in [0.3, 0.4) is 0 Å². The minimum atomic E-state index is -2.66. The van der Waals surface area contributed by atoms with Gasteiger partial charge >= 0.3 is 0 Å². The molecule has 9 atom stereocenters. The number of ketones is 1. The summed E-state index contributed by atoms with van der Waals surface area (Å²) in [4.78, 5) is 13.8. The molecule has 0 aromatic heterocycles. The lowest BCUT2D eigenvalue weighted by Gasteiger charge is -2.74. The molecule has 158 valence electrons. The van der Waals surface area contributed by atoms with Crippen molar-refractivity contribution in [3.63, 3.8) is 0 Å². The van der Waals surface area contributed by atoms with Crippen molar-refractivity contribution in [2.24, 2.45) is 17.3 Å². The van der Waals surface area contributed by atoms with Crippen LogP contribution in [0.4, 0.5) is 0 Å². The molecule has 2 saturated heterocycles. The van der Waals surface area contributed by atoms with E-state index in [0.717, 1.165) is 0 Å². The van der Waals surface area contributed by atoms with E-state index in [4.69, 9.17) is 9.47 Å². The smallest absolute Gasteiger partial charge is 0.205 e. The highest BCUT2D eigenvalue weighted by Gasteiger charge is 2.98. The van der Waals surface area contributed by atoms with E-state index < -0.39 is 56.7 Å². The van der Waals surface area contributed by atoms with Crippen LogP contribution in [-0.2, 0) is 14.3 Å². The largest absolute Gasteiger partial charge is 0.386 e. The second kappa shape index (κ2) is 4.37. The minimum absolute atomic E-state index is 0.0631. The monoisotopic (exact) mass is 398 g/mol. The first-order valence-corrected chi connectivity index (χ1v) is 10.1. The lowest BCUT2D eigenvalue weighted by molar-refractivity contribution is -0.423. The lowest BCUT2D eigenvalue weighted by atomic mass is 9.36. The van der Waals surface area contributed by atoms with Crippen molar-refractivity contribution in [2.45, 2.75) is 99.9 Å². The summed E-state index contributed by atoms with van der Waals surface area (Å²) in [6.07, 6.45) is -0.191. The van der Waals surface area contributed by atoms with E-state index in [1.54, 1.807) is 20.8 Å². The van der Waals surface area contributed by atoms with Crippen LogP contribution < -0.4 is 0 Å². The van der Waals surface area contributed by atoms with E-state index in [-0.39, 0.29) is 25.2 Å². The molecular formula is C20H30O8. The summed E-state index contributed by atoms with van der Waals surface area (Å²) in [6, 6.07) is 0. The summed E-state index contributed by atoms with van der Waals surface area (Å²) in [5, 5.41) is 58.8. The third-order valence-electron chi connectivity index (χ3n) is 9.51. The second-order valence-corrected chi connectivity index (χ2v) is 10.6. The van der Waals surface area contributed by atoms with Crippen molar-refractivity contribution in [3.8, 4) is 0 Å². The highest BCUT2D eigenvalue weighted by Crippen LogP contribution is 2.78. The number of fused-ring (bicyclic) bond motifs is 3. The Morgan fingerprint density at radius 1 is 1.00 bits per heavy atom. The van der Waals surface area contributed by atoms with Crippen LogP contribution in [0.2, 0.25) is 0 Å². The molecule has 0 radical (unpaired) electrons. The van der Waals surface area contributed by atoms with E-state index in [0.29, 0.717) is 6.42 Å². The Balaban J connectivity index is 1.89. The van der Waals surface area contributed by atoms with Crippen LogP contribution in [0.25, 0.3) is 0 Å². The van der Waals surface area contributed by atoms with Gasteiger partial charge in [0.25, 0.3) is 0 Å². The average molecular weight is 398 g/mol. The number of hydrogen-bond donors (Lipinski definition) is 5. The van der Waals surface area contributed by atoms with Gasteiger partial charge in [0.1, 0.15) is 11.2 Å². The van der Waals surface area contributed by atoms with Crippen LogP contribution in [0, 0.1) is 17.3 Å². The maximum absolute atomic E-state index is 13.8. The number of Topliss-reactive ketones (excluding diaryl/α,β-unsaturated/α-hetero) is 1. The molecule has 0 aromatic rings. The van der Waals surface area contributed by atoms with E-state index >= 15 is 0 Å². The van der Waals surface area contributed by atoms with Crippen molar-refractivity contribution < 1.29 is 39.8 Å². The fourth-order valence-corrected chi connectivity index (χ4v) is 7.51. The Morgan fingerprint density at radius 2 is 1.61 bits per heavy atom. The Labute approximate surface area is 163 Å². The molecule has 3 saturated carbocycles. The molecular weight excluding hydrogens is 368 g/mol. The highest BCUT2D eigenvalue weighted by atomic mass is 16.8. The van der Waals surface area contributed by atoms with Crippen molar-refractivity contribution in [1.82, 2.24) is 0 Å². The molecule has 0 spiro atoms. The van der Waals surface area contributed by atoms with Gasteiger partial charge in [-0.3, -0.25) is 4.79 Å². The van der Waals surface area contributed by atoms with Gasteiger partial charge in [0.05, 0.1) is 0 Å². The standard InChI is InChI=1S/C20H30O8/c1-10(2)15-9-17(23)13(4)8-18(24,28-15)14(5,27-15)20(17,26)12(21)19(25)11(3)6-7-16(13,19)22/h10-11,22-26H,6-9H2,1-5H3/t11-,13+,14-,15-,16+,17-,18-,19-,20-/m1/s1. The van der Waals surface area contributed by atoms with Gasteiger partial charge in [0.15, 0.2) is 22.6 Å². The molecule has 5 fully saturated rings.